The van der Waals surface area contributed by atoms with E-state index >= 15 is 0 Å². The van der Waals surface area contributed by atoms with Crippen molar-refractivity contribution in [1.29, 1.82) is 0 Å². The molecule has 3 atom stereocenters. The number of hydrogen-bond donors (Lipinski definition) is 3. The van der Waals surface area contributed by atoms with Gasteiger partial charge in [-0.2, -0.15) is 0 Å². The number of carboxylic acids is 1. The molecule has 3 unspecified atom stereocenters. The number of fused-ring (bicyclic) bond motifs is 2. The predicted molar refractivity (Wildman–Crippen MR) is 143 cm³/mol. The molecule has 3 aromatic rings. The first-order valence-corrected chi connectivity index (χ1v) is 13.0. The van der Waals surface area contributed by atoms with E-state index in [2.05, 4.69) is 15.5 Å². The number of anilines is 2. The minimum absolute atomic E-state index is 0.0775. The Morgan fingerprint density at radius 3 is 2.55 bits per heavy atom. The molecule has 2 heterocycles. The topological polar surface area (TPSA) is 126 Å². The van der Waals surface area contributed by atoms with Gasteiger partial charge in [-0.05, 0) is 50.5 Å². The van der Waals surface area contributed by atoms with Crippen LogP contribution >= 0.6 is 0 Å². The highest BCUT2D eigenvalue weighted by atomic mass is 16.6. The molecule has 1 amide bonds. The Balaban J connectivity index is 1.27. The lowest BCUT2D eigenvalue weighted by Crippen LogP contribution is -2.37. The van der Waals surface area contributed by atoms with Gasteiger partial charge in [0.15, 0.2) is 0 Å². The van der Waals surface area contributed by atoms with Crippen molar-refractivity contribution in [1.82, 2.24) is 14.9 Å². The Hall–Kier alpha value is -4.08. The Morgan fingerprint density at radius 1 is 1.16 bits per heavy atom. The highest BCUT2D eigenvalue weighted by Crippen LogP contribution is 2.46. The predicted octanol–water partition coefficient (Wildman–Crippen LogP) is 3.44. The summed E-state index contributed by atoms with van der Waals surface area (Å²) in [7, 11) is 1.74. The molecule has 10 heteroatoms. The van der Waals surface area contributed by atoms with Gasteiger partial charge in [-0.1, -0.05) is 18.2 Å². The summed E-state index contributed by atoms with van der Waals surface area (Å²) in [5.74, 6) is 0.196. The maximum Gasteiger partial charge on any atom is 0.407 e. The smallest absolute Gasteiger partial charge is 0.407 e. The fourth-order valence-electron chi connectivity index (χ4n) is 5.67. The fraction of sp³-hybridized carbons (Fsp3) is 0.429. The van der Waals surface area contributed by atoms with Gasteiger partial charge in [0.05, 0.1) is 22.5 Å². The minimum Gasteiger partial charge on any atom is -0.478 e. The Bertz CT molecular complexity index is 1500. The summed E-state index contributed by atoms with van der Waals surface area (Å²) in [6.07, 6.45) is 1.64. The third kappa shape index (κ3) is 4.33. The number of aryl methyl sites for hydroxylation is 1. The standard InChI is InChI=1S/C28H31N5O5/c1-14-10-18(15(2)29-22-7-5-4-6-17(22)26(35)36)23-19(11-14)25(34)32(3)27(30-23)33-12-20-21(13-33)24(20)31-28(37)38-16-8-9-16/h4-7,10-11,15-16,20-21,24,29H,8-9,12-13H2,1-3H3,(H,31,37)(H,35,36). The molecule has 0 spiro atoms. The van der Waals surface area contributed by atoms with Crippen LogP contribution in [0.2, 0.25) is 0 Å². The van der Waals surface area contributed by atoms with Crippen LogP contribution < -0.4 is 21.1 Å². The number of carboxylic acid groups (broad SMARTS) is 1. The maximum absolute atomic E-state index is 13.5. The molecule has 1 saturated heterocycles. The van der Waals surface area contributed by atoms with Crippen LogP contribution in [0.15, 0.2) is 41.2 Å². The number of carbonyl (C=O) groups is 2. The van der Waals surface area contributed by atoms with Crippen molar-refractivity contribution in [2.45, 2.75) is 44.9 Å². The van der Waals surface area contributed by atoms with E-state index in [0.717, 1.165) is 24.0 Å². The van der Waals surface area contributed by atoms with Crippen LogP contribution in [0.5, 0.6) is 0 Å². The lowest BCUT2D eigenvalue weighted by atomic mass is 10.0. The number of aromatic carboxylic acids is 1. The molecule has 0 radical (unpaired) electrons. The number of amides is 1. The SMILES string of the molecule is Cc1cc(C(C)Nc2ccccc2C(=O)O)c2nc(N3CC4C(C3)C4NC(=O)OC3CC3)n(C)c(=O)c2c1. The Morgan fingerprint density at radius 2 is 1.87 bits per heavy atom. The van der Waals surface area contributed by atoms with Crippen molar-refractivity contribution in [3.05, 3.63) is 63.4 Å². The highest BCUT2D eigenvalue weighted by Gasteiger charge is 2.57. The van der Waals surface area contributed by atoms with Crippen LogP contribution in [0.3, 0.4) is 0 Å². The molecular weight excluding hydrogens is 486 g/mol. The molecule has 2 saturated carbocycles. The first kappa shape index (κ1) is 24.3. The third-order valence-electron chi connectivity index (χ3n) is 7.89. The molecule has 3 aliphatic rings. The number of benzene rings is 2. The van der Waals surface area contributed by atoms with Gasteiger partial charge in [0.2, 0.25) is 5.95 Å². The van der Waals surface area contributed by atoms with Crippen LogP contribution in [0.4, 0.5) is 16.4 Å². The molecule has 2 aromatic carbocycles. The van der Waals surface area contributed by atoms with Gasteiger partial charge in [0.25, 0.3) is 5.56 Å². The summed E-state index contributed by atoms with van der Waals surface area (Å²) >= 11 is 0. The number of carbonyl (C=O) groups excluding carboxylic acids is 1. The Kier molecular flexibility index (Phi) is 5.77. The van der Waals surface area contributed by atoms with E-state index in [-0.39, 0.29) is 35.4 Å². The maximum atomic E-state index is 13.5. The van der Waals surface area contributed by atoms with Crippen molar-refractivity contribution < 1.29 is 19.4 Å². The second kappa shape index (κ2) is 9.04. The molecule has 3 N–H and O–H groups in total. The van der Waals surface area contributed by atoms with Crippen molar-refractivity contribution in [2.24, 2.45) is 18.9 Å². The molecular formula is C28H31N5O5. The van der Waals surface area contributed by atoms with Crippen LogP contribution in [-0.4, -0.2) is 52.0 Å². The van der Waals surface area contributed by atoms with E-state index in [4.69, 9.17) is 9.72 Å². The summed E-state index contributed by atoms with van der Waals surface area (Å²) in [6, 6.07) is 10.4. The van der Waals surface area contributed by atoms with E-state index in [9.17, 15) is 19.5 Å². The van der Waals surface area contributed by atoms with Crippen molar-refractivity contribution in [2.75, 3.05) is 23.3 Å². The zero-order chi connectivity index (χ0) is 26.7. The summed E-state index contributed by atoms with van der Waals surface area (Å²) in [5, 5.41) is 16.4. The average molecular weight is 518 g/mol. The average Bonchev–Trinajstić information content (AvgIpc) is 3.77. The van der Waals surface area contributed by atoms with Crippen LogP contribution in [-0.2, 0) is 11.8 Å². The van der Waals surface area contributed by atoms with Gasteiger partial charge in [0.1, 0.15) is 6.10 Å². The molecule has 198 valence electrons. The molecule has 6 rings (SSSR count). The minimum atomic E-state index is -1.01. The number of rotatable bonds is 7. The van der Waals surface area contributed by atoms with Gasteiger partial charge in [-0.3, -0.25) is 9.36 Å². The first-order valence-electron chi connectivity index (χ1n) is 13.0. The number of ether oxygens (including phenoxy) is 1. The highest BCUT2D eigenvalue weighted by molar-refractivity contribution is 5.94. The lowest BCUT2D eigenvalue weighted by Gasteiger charge is -2.25. The van der Waals surface area contributed by atoms with Crippen molar-refractivity contribution in [3.63, 3.8) is 0 Å². The molecule has 38 heavy (non-hydrogen) atoms. The Labute approximate surface area is 219 Å². The monoisotopic (exact) mass is 517 g/mol. The number of nitrogens with zero attached hydrogens (tertiary/aromatic N) is 3. The van der Waals surface area contributed by atoms with Gasteiger partial charge in [-0.25, -0.2) is 14.6 Å². The third-order valence-corrected chi connectivity index (χ3v) is 7.89. The first-order chi connectivity index (χ1) is 18.2. The quantitative estimate of drug-likeness (QED) is 0.435. The lowest BCUT2D eigenvalue weighted by molar-refractivity contribution is 0.0697. The van der Waals surface area contributed by atoms with Gasteiger partial charge in [-0.15, -0.1) is 0 Å². The van der Waals surface area contributed by atoms with Gasteiger partial charge in [0, 0.05) is 49.3 Å². The summed E-state index contributed by atoms with van der Waals surface area (Å²) in [5.41, 5.74) is 2.91. The van der Waals surface area contributed by atoms with E-state index in [1.807, 2.05) is 26.0 Å². The zero-order valence-electron chi connectivity index (χ0n) is 21.6. The molecule has 3 fully saturated rings. The van der Waals surface area contributed by atoms with Crippen LogP contribution in [0.25, 0.3) is 10.9 Å². The summed E-state index contributed by atoms with van der Waals surface area (Å²) in [6.45, 7) is 5.27. The molecule has 1 aliphatic heterocycles. The van der Waals surface area contributed by atoms with Crippen LogP contribution in [0, 0.1) is 18.8 Å². The van der Waals surface area contributed by atoms with Gasteiger partial charge < -0.3 is 25.4 Å². The second-order valence-electron chi connectivity index (χ2n) is 10.8. The number of para-hydroxylation sites is 1. The number of aromatic nitrogens is 2. The van der Waals surface area contributed by atoms with Crippen molar-refractivity contribution in [3.8, 4) is 0 Å². The normalized spacial score (nSPS) is 22.6. The van der Waals surface area contributed by atoms with E-state index in [1.54, 1.807) is 35.9 Å². The van der Waals surface area contributed by atoms with Crippen molar-refractivity contribution >= 4 is 34.6 Å². The van der Waals surface area contributed by atoms with Crippen LogP contribution in [0.1, 0.15) is 47.3 Å². The zero-order valence-corrected chi connectivity index (χ0v) is 21.6. The number of hydrogen-bond acceptors (Lipinski definition) is 7. The number of piperidine rings is 1. The number of nitrogens with one attached hydrogen (secondary N) is 2. The summed E-state index contributed by atoms with van der Waals surface area (Å²) < 4.78 is 6.92. The molecule has 1 aromatic heterocycles. The van der Waals surface area contributed by atoms with E-state index < -0.39 is 5.97 Å². The second-order valence-corrected chi connectivity index (χ2v) is 10.8. The molecule has 0 bridgehead atoms. The number of alkyl carbamates (subject to hydrolysis) is 1. The fourth-order valence-corrected chi connectivity index (χ4v) is 5.67. The van der Waals surface area contributed by atoms with E-state index in [1.165, 1.54) is 0 Å². The molecule has 2 aliphatic carbocycles. The van der Waals surface area contributed by atoms with E-state index in [0.29, 0.717) is 47.5 Å². The van der Waals surface area contributed by atoms with Gasteiger partial charge >= 0.3 is 12.1 Å². The largest absolute Gasteiger partial charge is 0.478 e. The molecule has 10 nitrogen and oxygen atoms in total. The summed E-state index contributed by atoms with van der Waals surface area (Å²) in [4.78, 5) is 44.3.